The zero-order valence-electron chi connectivity index (χ0n) is 22.0. The van der Waals surface area contributed by atoms with Crippen molar-refractivity contribution in [3.05, 3.63) is 70.8 Å². The highest BCUT2D eigenvalue weighted by molar-refractivity contribution is 7.90. The van der Waals surface area contributed by atoms with Crippen LogP contribution in [0.2, 0.25) is 0 Å². The normalized spacial score (nSPS) is 17.9. The van der Waals surface area contributed by atoms with Gasteiger partial charge in [0.2, 0.25) is 20.0 Å². The number of fused-ring (bicyclic) bond motifs is 3. The fourth-order valence-electron chi connectivity index (χ4n) is 4.69. The molecule has 4 bridgehead atoms. The molecular formula is C28H33N3O4S2. The Bertz CT molecular complexity index is 1650. The highest BCUT2D eigenvalue weighted by Crippen LogP contribution is 2.39. The molecule has 1 aliphatic rings. The Labute approximate surface area is 218 Å². The van der Waals surface area contributed by atoms with Crippen LogP contribution in [0.4, 0.5) is 0 Å². The van der Waals surface area contributed by atoms with Crippen molar-refractivity contribution in [3.8, 4) is 0 Å². The van der Waals surface area contributed by atoms with Crippen molar-refractivity contribution in [1.82, 2.24) is 14.4 Å². The van der Waals surface area contributed by atoms with E-state index in [0.29, 0.717) is 21.8 Å². The van der Waals surface area contributed by atoms with Crippen molar-refractivity contribution in [1.29, 1.82) is 0 Å². The van der Waals surface area contributed by atoms with Crippen molar-refractivity contribution in [3.63, 3.8) is 0 Å². The molecule has 1 aromatic heterocycles. The minimum atomic E-state index is -3.94. The number of aromatic nitrogens is 1. The summed E-state index contributed by atoms with van der Waals surface area (Å²) in [4.78, 5) is 3.42. The van der Waals surface area contributed by atoms with Gasteiger partial charge in [-0.05, 0) is 57.3 Å². The highest BCUT2D eigenvalue weighted by Gasteiger charge is 2.29. The monoisotopic (exact) mass is 539 g/mol. The van der Waals surface area contributed by atoms with Crippen LogP contribution in [0.1, 0.15) is 63.8 Å². The molecule has 7 nitrogen and oxygen atoms in total. The third-order valence-electron chi connectivity index (χ3n) is 6.98. The molecule has 0 fully saturated rings. The third kappa shape index (κ3) is 4.69. The third-order valence-corrected chi connectivity index (χ3v) is 9.83. The lowest BCUT2D eigenvalue weighted by atomic mass is 9.85. The van der Waals surface area contributed by atoms with Crippen LogP contribution in [-0.2, 0) is 44.0 Å². The van der Waals surface area contributed by atoms with E-state index in [-0.39, 0.29) is 33.7 Å². The lowest BCUT2D eigenvalue weighted by molar-refractivity contribution is 0.576. The summed E-state index contributed by atoms with van der Waals surface area (Å²) < 4.78 is 60.4. The quantitative estimate of drug-likeness (QED) is 0.286. The molecule has 9 heteroatoms. The second-order valence-electron chi connectivity index (χ2n) is 11.9. The second-order valence-corrected chi connectivity index (χ2v) is 15.4. The number of sulfonamides is 2. The molecule has 0 saturated heterocycles. The number of H-pyrrole nitrogens is 1. The average molecular weight is 540 g/mol. The van der Waals surface area contributed by atoms with Crippen LogP contribution in [0, 0.1) is 0 Å². The van der Waals surface area contributed by atoms with Gasteiger partial charge in [-0.25, -0.2) is 26.3 Å². The molecule has 37 heavy (non-hydrogen) atoms. The molecule has 196 valence electrons. The van der Waals surface area contributed by atoms with Crippen molar-refractivity contribution in [2.24, 2.45) is 0 Å². The maximum atomic E-state index is 13.7. The molecular weight excluding hydrogens is 506 g/mol. The summed E-state index contributed by atoms with van der Waals surface area (Å²) in [6.45, 7) is 12.3. The van der Waals surface area contributed by atoms with Gasteiger partial charge in [0.25, 0.3) is 0 Å². The Kier molecular flexibility index (Phi) is 5.88. The smallest absolute Gasteiger partial charge is 0.242 e. The summed E-state index contributed by atoms with van der Waals surface area (Å²) in [5.41, 5.74) is 3.28. The fraction of sp³-hybridized carbons (Fsp3) is 0.357. The highest BCUT2D eigenvalue weighted by atomic mass is 32.2. The minimum Gasteiger partial charge on any atom is -0.352 e. The Morgan fingerprint density at radius 2 is 1.03 bits per heavy atom. The molecule has 5 rings (SSSR count). The van der Waals surface area contributed by atoms with E-state index in [1.807, 2.05) is 71.9 Å². The van der Waals surface area contributed by atoms with E-state index in [1.54, 1.807) is 18.2 Å². The molecule has 0 spiro atoms. The van der Waals surface area contributed by atoms with Gasteiger partial charge in [0.05, 0.1) is 11.0 Å². The summed E-state index contributed by atoms with van der Waals surface area (Å²) in [6, 6.07) is 14.6. The van der Waals surface area contributed by atoms with Crippen molar-refractivity contribution in [2.45, 2.75) is 75.3 Å². The largest absolute Gasteiger partial charge is 0.352 e. The lowest BCUT2D eigenvalue weighted by Gasteiger charge is -2.21. The van der Waals surface area contributed by atoms with E-state index in [9.17, 15) is 16.8 Å². The number of hydrogen-bond donors (Lipinski definition) is 3. The molecule has 0 saturated carbocycles. The first-order valence-electron chi connectivity index (χ1n) is 12.3. The average Bonchev–Trinajstić information content (AvgIpc) is 3.17. The van der Waals surface area contributed by atoms with Gasteiger partial charge in [-0.1, -0.05) is 65.8 Å². The van der Waals surface area contributed by atoms with E-state index in [2.05, 4.69) is 14.4 Å². The van der Waals surface area contributed by atoms with E-state index < -0.39 is 20.0 Å². The first kappa shape index (κ1) is 25.9. The number of rotatable bonds is 0. The molecule has 1 aliphatic heterocycles. The maximum Gasteiger partial charge on any atom is 0.242 e. The summed E-state index contributed by atoms with van der Waals surface area (Å²) in [5.74, 6) is 0. The van der Waals surface area contributed by atoms with Crippen molar-refractivity contribution < 1.29 is 16.8 Å². The minimum absolute atomic E-state index is 0.0871. The maximum absolute atomic E-state index is 13.7. The molecule has 2 heterocycles. The number of hydrogen-bond acceptors (Lipinski definition) is 4. The summed E-state index contributed by atoms with van der Waals surface area (Å²) >= 11 is 0. The molecule has 3 N–H and O–H groups in total. The predicted molar refractivity (Wildman–Crippen MR) is 148 cm³/mol. The first-order valence-corrected chi connectivity index (χ1v) is 15.2. The first-order chi connectivity index (χ1) is 17.1. The van der Waals surface area contributed by atoms with Crippen LogP contribution >= 0.6 is 0 Å². The van der Waals surface area contributed by atoms with E-state index in [0.717, 1.165) is 22.3 Å². The zero-order chi connectivity index (χ0) is 27.0. The van der Waals surface area contributed by atoms with E-state index >= 15 is 0 Å². The number of benzene rings is 3. The van der Waals surface area contributed by atoms with Crippen molar-refractivity contribution in [2.75, 3.05) is 0 Å². The second kappa shape index (κ2) is 8.39. The van der Waals surface area contributed by atoms with Crippen LogP contribution in [0.15, 0.2) is 58.3 Å². The Morgan fingerprint density at radius 3 is 1.41 bits per heavy atom. The zero-order valence-corrected chi connectivity index (χ0v) is 23.6. The van der Waals surface area contributed by atoms with Gasteiger partial charge >= 0.3 is 0 Å². The number of nitrogens with one attached hydrogen (secondary N) is 3. The van der Waals surface area contributed by atoms with Crippen molar-refractivity contribution >= 4 is 41.9 Å². The predicted octanol–water partition coefficient (Wildman–Crippen LogP) is 5.19. The van der Waals surface area contributed by atoms with Gasteiger partial charge in [0, 0.05) is 23.9 Å². The molecule has 0 atom stereocenters. The summed E-state index contributed by atoms with van der Waals surface area (Å²) in [5, 5.41) is 1.36. The van der Waals surface area contributed by atoms with Crippen LogP contribution in [0.5, 0.6) is 0 Å². The number of aromatic amines is 1. The van der Waals surface area contributed by atoms with E-state index in [4.69, 9.17) is 0 Å². The molecule has 0 aliphatic carbocycles. The standard InChI is InChI=1S/C28H33N3O4S2/c1-27(2,3)19-11-21-22-12-20(28(4,5)6)14-24-26(22)31-25(21)23(13-19)36(32,33)29-15-17-8-7-9-18(10-17)16-30-37(24,34)35/h7-14,29-31H,15-16H2,1-6H3. The van der Waals surface area contributed by atoms with Gasteiger partial charge in [-0.15, -0.1) is 0 Å². The fourth-order valence-corrected chi connectivity index (χ4v) is 7.14. The Balaban J connectivity index is 1.95. The Hall–Kier alpha value is -2.72. The molecule has 3 aromatic carbocycles. The van der Waals surface area contributed by atoms with Crippen LogP contribution < -0.4 is 9.44 Å². The summed E-state index contributed by atoms with van der Waals surface area (Å²) in [6.07, 6.45) is 0. The SMILES string of the molecule is CC(C)(C)c1cc2c3[nH]c4c(cc(C(C)(C)C)cc4c3c1)S(=O)(=O)NCc1cccc(c1)CNS2(=O)=O. The lowest BCUT2D eigenvalue weighted by Crippen LogP contribution is -2.25. The van der Waals surface area contributed by atoms with Gasteiger partial charge in [0.15, 0.2) is 0 Å². The molecule has 0 amide bonds. The molecule has 0 unspecified atom stereocenters. The van der Waals surface area contributed by atoms with Gasteiger partial charge < -0.3 is 4.98 Å². The van der Waals surface area contributed by atoms with Gasteiger partial charge in [0.1, 0.15) is 9.79 Å². The summed E-state index contributed by atoms with van der Waals surface area (Å²) in [7, 11) is -7.89. The molecule has 0 radical (unpaired) electrons. The van der Waals surface area contributed by atoms with Gasteiger partial charge in [-0.2, -0.15) is 0 Å². The van der Waals surface area contributed by atoms with Gasteiger partial charge in [-0.3, -0.25) is 0 Å². The topological polar surface area (TPSA) is 108 Å². The van der Waals surface area contributed by atoms with Crippen LogP contribution in [0.3, 0.4) is 0 Å². The van der Waals surface area contributed by atoms with Crippen LogP contribution in [0.25, 0.3) is 21.8 Å². The van der Waals surface area contributed by atoms with E-state index in [1.165, 1.54) is 0 Å². The molecule has 4 aromatic rings. The Morgan fingerprint density at radius 1 is 0.622 bits per heavy atom. The van der Waals surface area contributed by atoms with Crippen LogP contribution in [-0.4, -0.2) is 21.8 Å².